The third-order valence-corrected chi connectivity index (χ3v) is 6.56. The van der Waals surface area contributed by atoms with Gasteiger partial charge in [-0.15, -0.1) is 11.3 Å². The zero-order valence-corrected chi connectivity index (χ0v) is 17.7. The number of hydrogen-bond donors (Lipinski definition) is 1. The van der Waals surface area contributed by atoms with Crippen LogP contribution in [0, 0.1) is 6.92 Å². The van der Waals surface area contributed by atoms with E-state index in [-0.39, 0.29) is 37.0 Å². The molecule has 0 radical (unpaired) electrons. The van der Waals surface area contributed by atoms with Crippen LogP contribution >= 0.6 is 11.3 Å². The van der Waals surface area contributed by atoms with Crippen molar-refractivity contribution in [2.45, 2.75) is 26.2 Å². The van der Waals surface area contributed by atoms with Crippen LogP contribution in [0.5, 0.6) is 0 Å². The Bertz CT molecular complexity index is 1160. The fraction of sp³-hybridized carbons (Fsp3) is 0.333. The van der Waals surface area contributed by atoms with Crippen molar-refractivity contribution in [3.8, 4) is 16.6 Å². The van der Waals surface area contributed by atoms with Crippen LogP contribution in [0.25, 0.3) is 16.6 Å². The van der Waals surface area contributed by atoms with Crippen molar-refractivity contribution in [1.82, 2.24) is 19.7 Å². The molecule has 4 heterocycles. The van der Waals surface area contributed by atoms with Crippen LogP contribution in [0.15, 0.2) is 34.3 Å². The molecule has 1 N–H and O–H groups in total. The standard InChI is InChI=1S/C18H19N5O5S2/c1-12-10-15(21-30(26,27)9-7-22-16(24)5-2-6-17(22)25)23(20-12)18-19-13(11-29-18)14-4-3-8-28-14/h3-4,8,10-11,21H,2,5-7,9H2,1H3. The lowest BCUT2D eigenvalue weighted by Crippen LogP contribution is -2.43. The second kappa shape index (κ2) is 8.03. The second-order valence-corrected chi connectivity index (χ2v) is 9.47. The lowest BCUT2D eigenvalue weighted by Gasteiger charge is -2.24. The van der Waals surface area contributed by atoms with Gasteiger partial charge in [-0.05, 0) is 25.5 Å². The highest BCUT2D eigenvalue weighted by molar-refractivity contribution is 7.92. The number of furan rings is 1. The van der Waals surface area contributed by atoms with Crippen molar-refractivity contribution >= 4 is 39.0 Å². The van der Waals surface area contributed by atoms with Gasteiger partial charge in [-0.1, -0.05) is 0 Å². The number of rotatable bonds is 7. The number of imide groups is 1. The summed E-state index contributed by atoms with van der Waals surface area (Å²) >= 11 is 1.29. The summed E-state index contributed by atoms with van der Waals surface area (Å²) in [5.41, 5.74) is 1.22. The van der Waals surface area contributed by atoms with Crippen LogP contribution in [0.3, 0.4) is 0 Å². The monoisotopic (exact) mass is 449 g/mol. The molecule has 30 heavy (non-hydrogen) atoms. The van der Waals surface area contributed by atoms with Gasteiger partial charge >= 0.3 is 0 Å². The van der Waals surface area contributed by atoms with Crippen molar-refractivity contribution < 1.29 is 22.4 Å². The molecular formula is C18H19N5O5S2. The first-order valence-electron chi connectivity index (χ1n) is 9.22. The topological polar surface area (TPSA) is 127 Å². The van der Waals surface area contributed by atoms with E-state index in [0.29, 0.717) is 28.7 Å². The highest BCUT2D eigenvalue weighted by Gasteiger charge is 2.27. The Kier molecular flexibility index (Phi) is 5.43. The first kappa shape index (κ1) is 20.3. The van der Waals surface area contributed by atoms with Crippen molar-refractivity contribution in [3.05, 3.63) is 35.5 Å². The van der Waals surface area contributed by atoms with Gasteiger partial charge in [0.2, 0.25) is 27.0 Å². The number of aromatic nitrogens is 3. The molecule has 0 unspecified atom stereocenters. The minimum atomic E-state index is -3.83. The van der Waals surface area contributed by atoms with E-state index >= 15 is 0 Å². The summed E-state index contributed by atoms with van der Waals surface area (Å²) in [6.07, 6.45) is 2.57. The molecule has 0 aromatic carbocycles. The molecule has 0 bridgehead atoms. The number of sulfonamides is 1. The molecule has 10 nitrogen and oxygen atoms in total. The van der Waals surface area contributed by atoms with Crippen molar-refractivity contribution in [2.24, 2.45) is 0 Å². The number of thiazole rings is 1. The number of amides is 2. The number of nitrogens with one attached hydrogen (secondary N) is 1. The Labute approximate surface area is 176 Å². The fourth-order valence-electron chi connectivity index (χ4n) is 3.09. The number of nitrogens with zero attached hydrogens (tertiary/aromatic N) is 4. The summed E-state index contributed by atoms with van der Waals surface area (Å²) in [6.45, 7) is 1.56. The van der Waals surface area contributed by atoms with Gasteiger partial charge in [-0.2, -0.15) is 9.78 Å². The van der Waals surface area contributed by atoms with Crippen LogP contribution in [0.2, 0.25) is 0 Å². The van der Waals surface area contributed by atoms with Crippen LogP contribution in [-0.4, -0.2) is 52.2 Å². The predicted molar refractivity (Wildman–Crippen MR) is 110 cm³/mol. The molecule has 3 aromatic heterocycles. The zero-order chi connectivity index (χ0) is 21.3. The van der Waals surface area contributed by atoms with Crippen molar-refractivity contribution in [1.29, 1.82) is 0 Å². The summed E-state index contributed by atoms with van der Waals surface area (Å²) in [5.74, 6) is -0.251. The van der Waals surface area contributed by atoms with Crippen LogP contribution in [-0.2, 0) is 19.6 Å². The van der Waals surface area contributed by atoms with Gasteiger partial charge in [0.15, 0.2) is 5.76 Å². The van der Waals surface area contributed by atoms with E-state index in [4.69, 9.17) is 4.42 Å². The highest BCUT2D eigenvalue weighted by Crippen LogP contribution is 2.27. The summed E-state index contributed by atoms with van der Waals surface area (Å²) in [7, 11) is -3.83. The third kappa shape index (κ3) is 4.28. The molecule has 1 aliphatic rings. The average molecular weight is 450 g/mol. The normalized spacial score (nSPS) is 15.0. The molecule has 2 amide bonds. The Morgan fingerprint density at radius 3 is 2.73 bits per heavy atom. The zero-order valence-electron chi connectivity index (χ0n) is 16.1. The SMILES string of the molecule is Cc1cc(NS(=O)(=O)CCN2C(=O)CCCC2=O)n(-c2nc(-c3ccco3)cs2)n1. The van der Waals surface area contributed by atoms with Crippen molar-refractivity contribution in [3.63, 3.8) is 0 Å². The quantitative estimate of drug-likeness (QED) is 0.548. The van der Waals surface area contributed by atoms with Gasteiger partial charge in [0.05, 0.1) is 17.7 Å². The average Bonchev–Trinajstić information content (AvgIpc) is 3.41. The van der Waals surface area contributed by atoms with Crippen LogP contribution < -0.4 is 4.72 Å². The van der Waals surface area contributed by atoms with E-state index in [2.05, 4.69) is 14.8 Å². The van der Waals surface area contributed by atoms with Crippen LogP contribution in [0.4, 0.5) is 5.82 Å². The molecule has 4 rings (SSSR count). The number of aryl methyl sites for hydroxylation is 1. The smallest absolute Gasteiger partial charge is 0.235 e. The van der Waals surface area contributed by atoms with E-state index in [1.807, 2.05) is 0 Å². The molecule has 0 spiro atoms. The second-order valence-electron chi connectivity index (χ2n) is 6.79. The summed E-state index contributed by atoms with van der Waals surface area (Å²) < 4.78 is 34.4. The Hall–Kier alpha value is -2.99. The number of hydrogen-bond acceptors (Lipinski definition) is 8. The third-order valence-electron chi connectivity index (χ3n) is 4.51. The summed E-state index contributed by atoms with van der Waals surface area (Å²) in [5, 5.41) is 6.58. The summed E-state index contributed by atoms with van der Waals surface area (Å²) in [4.78, 5) is 29.2. The van der Waals surface area contributed by atoms with Gasteiger partial charge in [0.25, 0.3) is 0 Å². The maximum absolute atomic E-state index is 12.6. The van der Waals surface area contributed by atoms with E-state index < -0.39 is 15.8 Å². The predicted octanol–water partition coefficient (Wildman–Crippen LogP) is 2.18. The largest absolute Gasteiger partial charge is 0.463 e. The van der Waals surface area contributed by atoms with E-state index in [1.54, 1.807) is 36.8 Å². The first-order chi connectivity index (χ1) is 14.3. The number of carbonyl (C=O) groups is 2. The minimum Gasteiger partial charge on any atom is -0.463 e. The van der Waals surface area contributed by atoms with Gasteiger partial charge in [-0.3, -0.25) is 19.2 Å². The van der Waals surface area contributed by atoms with Gasteiger partial charge in [0, 0.05) is 30.8 Å². The van der Waals surface area contributed by atoms with E-state index in [0.717, 1.165) is 4.90 Å². The van der Waals surface area contributed by atoms with E-state index in [9.17, 15) is 18.0 Å². The molecule has 1 saturated heterocycles. The van der Waals surface area contributed by atoms with Gasteiger partial charge in [-0.25, -0.2) is 13.4 Å². The number of likely N-dealkylation sites (tertiary alicyclic amines) is 1. The lowest BCUT2D eigenvalue weighted by atomic mass is 10.1. The molecule has 1 aliphatic heterocycles. The lowest BCUT2D eigenvalue weighted by molar-refractivity contribution is -0.147. The fourth-order valence-corrected chi connectivity index (χ4v) is 4.85. The molecule has 0 saturated carbocycles. The molecule has 1 fully saturated rings. The van der Waals surface area contributed by atoms with Crippen LogP contribution in [0.1, 0.15) is 25.0 Å². The number of carbonyl (C=O) groups excluding carboxylic acids is 2. The van der Waals surface area contributed by atoms with Gasteiger partial charge < -0.3 is 4.42 Å². The maximum Gasteiger partial charge on any atom is 0.235 e. The number of anilines is 1. The van der Waals surface area contributed by atoms with Crippen molar-refractivity contribution in [2.75, 3.05) is 17.0 Å². The molecule has 12 heteroatoms. The molecule has 0 aliphatic carbocycles. The number of piperidine rings is 1. The minimum absolute atomic E-state index is 0.181. The Morgan fingerprint density at radius 2 is 2.03 bits per heavy atom. The first-order valence-corrected chi connectivity index (χ1v) is 11.8. The Balaban J connectivity index is 1.51. The molecular weight excluding hydrogens is 430 g/mol. The summed E-state index contributed by atoms with van der Waals surface area (Å²) in [6, 6.07) is 5.12. The van der Waals surface area contributed by atoms with E-state index in [1.165, 1.54) is 16.0 Å². The van der Waals surface area contributed by atoms with Gasteiger partial charge in [0.1, 0.15) is 11.5 Å². The molecule has 158 valence electrons. The molecule has 0 atom stereocenters. The Morgan fingerprint density at radius 1 is 1.27 bits per heavy atom. The highest BCUT2D eigenvalue weighted by atomic mass is 32.2. The maximum atomic E-state index is 12.6. The molecule has 3 aromatic rings.